The summed E-state index contributed by atoms with van der Waals surface area (Å²) in [4.78, 5) is 19.6. The van der Waals surface area contributed by atoms with Gasteiger partial charge in [-0.2, -0.15) is 0 Å². The third-order valence-electron chi connectivity index (χ3n) is 7.66. The van der Waals surface area contributed by atoms with Crippen molar-refractivity contribution in [3.05, 3.63) is 57.9 Å². The van der Waals surface area contributed by atoms with Gasteiger partial charge in [-0.15, -0.1) is 11.3 Å². The molecular formula is C29H37FN2O3S. The van der Waals surface area contributed by atoms with E-state index < -0.39 is 12.1 Å². The van der Waals surface area contributed by atoms with E-state index in [1.165, 1.54) is 10.4 Å². The number of pyridine rings is 1. The molecule has 0 amide bonds. The zero-order chi connectivity index (χ0) is 25.5. The average molecular weight is 513 g/mol. The van der Waals surface area contributed by atoms with E-state index in [1.807, 2.05) is 29.5 Å². The van der Waals surface area contributed by atoms with Crippen LogP contribution >= 0.6 is 11.3 Å². The van der Waals surface area contributed by atoms with Crippen LogP contribution in [0.15, 0.2) is 41.9 Å². The van der Waals surface area contributed by atoms with Gasteiger partial charge < -0.3 is 14.7 Å². The number of benzene rings is 1. The molecule has 5 nitrogen and oxygen atoms in total. The first kappa shape index (κ1) is 26.6. The van der Waals surface area contributed by atoms with Gasteiger partial charge in [-0.1, -0.05) is 0 Å². The Morgan fingerprint density at radius 3 is 2.89 bits per heavy atom. The molecule has 1 saturated heterocycles. The van der Waals surface area contributed by atoms with Gasteiger partial charge in [0.2, 0.25) is 0 Å². The summed E-state index contributed by atoms with van der Waals surface area (Å²) >= 11 is 1.83. The van der Waals surface area contributed by atoms with Crippen molar-refractivity contribution in [1.82, 2.24) is 9.88 Å². The van der Waals surface area contributed by atoms with E-state index >= 15 is 4.39 Å². The summed E-state index contributed by atoms with van der Waals surface area (Å²) in [5.74, 6) is 0.583. The van der Waals surface area contributed by atoms with Gasteiger partial charge in [-0.25, -0.2) is 4.39 Å². The van der Waals surface area contributed by atoms with Gasteiger partial charge in [0.1, 0.15) is 11.9 Å². The van der Waals surface area contributed by atoms with Gasteiger partial charge in [-0.05, 0) is 117 Å². The third-order valence-corrected chi connectivity index (χ3v) is 8.74. The van der Waals surface area contributed by atoms with Crippen molar-refractivity contribution in [3.63, 3.8) is 0 Å². The zero-order valence-electron chi connectivity index (χ0n) is 21.3. The molecule has 0 aliphatic carbocycles. The minimum atomic E-state index is -1.09. The van der Waals surface area contributed by atoms with Gasteiger partial charge in [0.15, 0.2) is 0 Å². The topological polar surface area (TPSA) is 62.7 Å². The largest absolute Gasteiger partial charge is 0.497 e. The highest BCUT2D eigenvalue weighted by atomic mass is 32.1. The second-order valence-electron chi connectivity index (χ2n) is 10.0. The fourth-order valence-corrected chi connectivity index (χ4v) is 6.51. The normalized spacial score (nSPS) is 19.4. The number of halogens is 1. The summed E-state index contributed by atoms with van der Waals surface area (Å²) in [6.07, 6.45) is 5.83. The molecule has 3 atom stereocenters. The lowest BCUT2D eigenvalue weighted by atomic mass is 9.79. The molecule has 194 valence electrons. The molecule has 7 heteroatoms. The maximum Gasteiger partial charge on any atom is 0.303 e. The number of aliphatic carboxylic acids is 1. The third kappa shape index (κ3) is 6.83. The molecule has 36 heavy (non-hydrogen) atoms. The van der Waals surface area contributed by atoms with Crippen molar-refractivity contribution in [1.29, 1.82) is 0 Å². The van der Waals surface area contributed by atoms with Crippen LogP contribution in [-0.2, 0) is 11.2 Å². The smallest absolute Gasteiger partial charge is 0.303 e. The molecule has 1 fully saturated rings. The number of nitrogens with zero attached hydrogens (tertiary/aromatic N) is 2. The van der Waals surface area contributed by atoms with Crippen LogP contribution in [-0.4, -0.2) is 47.7 Å². The Hall–Kier alpha value is -2.51. The van der Waals surface area contributed by atoms with Crippen LogP contribution < -0.4 is 4.74 Å². The lowest BCUT2D eigenvalue weighted by Gasteiger charge is -2.39. The van der Waals surface area contributed by atoms with Crippen LogP contribution in [0.5, 0.6) is 5.75 Å². The fourth-order valence-electron chi connectivity index (χ4n) is 5.56. The summed E-state index contributed by atoms with van der Waals surface area (Å²) in [6.45, 7) is 5.12. The van der Waals surface area contributed by atoms with Crippen LogP contribution in [0.1, 0.15) is 60.7 Å². The molecule has 1 aliphatic rings. The van der Waals surface area contributed by atoms with Gasteiger partial charge in [0, 0.05) is 29.4 Å². The standard InChI is InChI=1S/C29H37FN2O3S/c1-20-13-17-36-28(20)4-3-15-32-16-12-21(22(19-32)6-10-29(33)34)5-8-26(30)24-11-14-31-27-9-7-23(35-2)18-25(24)27/h7,9,11,13-14,17-18,21-22,26H,3-6,8,10,12,15-16,19H2,1-2H3,(H,33,34)/t21?,22?,26-/m0/s1. The van der Waals surface area contributed by atoms with Gasteiger partial charge in [0.05, 0.1) is 12.6 Å². The Labute approximate surface area is 217 Å². The monoisotopic (exact) mass is 512 g/mol. The molecule has 2 aromatic heterocycles. The van der Waals surface area contributed by atoms with E-state index in [2.05, 4.69) is 28.3 Å². The summed E-state index contributed by atoms with van der Waals surface area (Å²) in [5.41, 5.74) is 2.79. The number of rotatable bonds is 12. The number of aryl methyl sites for hydroxylation is 2. The number of carboxylic acid groups (broad SMARTS) is 1. The highest BCUT2D eigenvalue weighted by molar-refractivity contribution is 7.10. The Bertz CT molecular complexity index is 1150. The molecule has 4 rings (SSSR count). The Kier molecular flexibility index (Phi) is 9.32. The number of alkyl halides is 1. The number of fused-ring (bicyclic) bond motifs is 1. The Morgan fingerprint density at radius 1 is 1.28 bits per heavy atom. The van der Waals surface area contributed by atoms with Gasteiger partial charge >= 0.3 is 5.97 Å². The van der Waals surface area contributed by atoms with Gasteiger partial charge in [-0.3, -0.25) is 9.78 Å². The number of piperidine rings is 1. The lowest BCUT2D eigenvalue weighted by Crippen LogP contribution is -2.41. The number of hydrogen-bond donors (Lipinski definition) is 1. The van der Waals surface area contributed by atoms with E-state index in [0.29, 0.717) is 36.0 Å². The summed E-state index contributed by atoms with van der Waals surface area (Å²) < 4.78 is 20.9. The van der Waals surface area contributed by atoms with Crippen LogP contribution in [0.3, 0.4) is 0 Å². The first-order valence-electron chi connectivity index (χ1n) is 13.0. The molecule has 3 heterocycles. The maximum absolute atomic E-state index is 15.5. The van der Waals surface area contributed by atoms with E-state index in [0.717, 1.165) is 56.2 Å². The van der Waals surface area contributed by atoms with E-state index in [4.69, 9.17) is 4.74 Å². The van der Waals surface area contributed by atoms with Crippen molar-refractivity contribution in [2.24, 2.45) is 11.8 Å². The molecule has 1 N–H and O–H groups in total. The molecule has 0 radical (unpaired) electrons. The number of carbonyl (C=O) groups is 1. The minimum Gasteiger partial charge on any atom is -0.497 e. The van der Waals surface area contributed by atoms with Crippen molar-refractivity contribution in [3.8, 4) is 5.75 Å². The quantitative estimate of drug-likeness (QED) is 0.288. The van der Waals surface area contributed by atoms with Crippen LogP contribution in [0, 0.1) is 18.8 Å². The summed E-state index contributed by atoms with van der Waals surface area (Å²) in [5, 5.41) is 12.2. The first-order chi connectivity index (χ1) is 17.4. The van der Waals surface area contributed by atoms with Crippen molar-refractivity contribution >= 4 is 28.2 Å². The van der Waals surface area contributed by atoms with E-state index in [-0.39, 0.29) is 6.42 Å². The van der Waals surface area contributed by atoms with E-state index in [1.54, 1.807) is 19.4 Å². The fraction of sp³-hybridized carbons (Fsp3) is 0.517. The predicted octanol–water partition coefficient (Wildman–Crippen LogP) is 6.84. The van der Waals surface area contributed by atoms with Crippen molar-refractivity contribution in [2.45, 2.75) is 58.0 Å². The second kappa shape index (κ2) is 12.6. The van der Waals surface area contributed by atoms with Crippen LogP contribution in [0.4, 0.5) is 4.39 Å². The zero-order valence-corrected chi connectivity index (χ0v) is 22.1. The predicted molar refractivity (Wildman–Crippen MR) is 144 cm³/mol. The van der Waals surface area contributed by atoms with Crippen LogP contribution in [0.2, 0.25) is 0 Å². The molecule has 0 spiro atoms. The average Bonchev–Trinajstić information content (AvgIpc) is 3.30. The van der Waals surface area contributed by atoms with E-state index in [9.17, 15) is 9.90 Å². The molecule has 0 saturated carbocycles. The maximum atomic E-state index is 15.5. The number of ether oxygens (including phenoxy) is 1. The lowest BCUT2D eigenvalue weighted by molar-refractivity contribution is -0.137. The number of methoxy groups -OCH3 is 1. The Balaban J connectivity index is 1.36. The van der Waals surface area contributed by atoms with Crippen molar-refractivity contribution < 1.29 is 19.0 Å². The molecule has 0 bridgehead atoms. The summed E-state index contributed by atoms with van der Waals surface area (Å²) in [6, 6.07) is 9.51. The number of hydrogen-bond acceptors (Lipinski definition) is 5. The van der Waals surface area contributed by atoms with Crippen molar-refractivity contribution in [2.75, 3.05) is 26.7 Å². The highest BCUT2D eigenvalue weighted by Crippen LogP contribution is 2.36. The van der Waals surface area contributed by atoms with Gasteiger partial charge in [0.25, 0.3) is 0 Å². The summed E-state index contributed by atoms with van der Waals surface area (Å²) in [7, 11) is 1.61. The Morgan fingerprint density at radius 2 is 2.14 bits per heavy atom. The number of likely N-dealkylation sites (tertiary alicyclic amines) is 1. The highest BCUT2D eigenvalue weighted by Gasteiger charge is 2.30. The first-order valence-corrected chi connectivity index (χ1v) is 13.9. The molecule has 3 aromatic rings. The molecule has 1 aromatic carbocycles. The minimum absolute atomic E-state index is 0.178. The molecular weight excluding hydrogens is 475 g/mol. The second-order valence-corrected chi connectivity index (χ2v) is 11.0. The van der Waals surface area contributed by atoms with Crippen LogP contribution in [0.25, 0.3) is 10.9 Å². The number of carboxylic acids is 1. The number of thiophene rings is 1. The SMILES string of the molecule is COc1ccc2nccc([C@@H](F)CCC3CCN(CCCc4sccc4C)CC3CCC(=O)O)c2c1. The number of aromatic nitrogens is 1. The molecule has 2 unspecified atom stereocenters. The molecule has 1 aliphatic heterocycles.